The van der Waals surface area contributed by atoms with Gasteiger partial charge >= 0.3 is 6.09 Å². The molecule has 2 N–H and O–H groups in total. The van der Waals surface area contributed by atoms with E-state index in [9.17, 15) is 22.8 Å². The lowest BCUT2D eigenvalue weighted by Gasteiger charge is -2.48. The lowest BCUT2D eigenvalue weighted by Crippen LogP contribution is -2.64. The molecule has 0 aliphatic carbocycles. The van der Waals surface area contributed by atoms with Gasteiger partial charge < -0.3 is 20.1 Å². The van der Waals surface area contributed by atoms with Gasteiger partial charge in [-0.2, -0.15) is 4.39 Å². The van der Waals surface area contributed by atoms with E-state index in [4.69, 9.17) is 55.9 Å². The largest absolute Gasteiger partial charge is 0.488 e. The fourth-order valence-electron chi connectivity index (χ4n) is 6.20. The van der Waals surface area contributed by atoms with Gasteiger partial charge in [0.25, 0.3) is 0 Å². The predicted octanol–water partition coefficient (Wildman–Crippen LogP) is 8.60. The summed E-state index contributed by atoms with van der Waals surface area (Å²) >= 11 is 24.7. The highest BCUT2D eigenvalue weighted by Crippen LogP contribution is 2.42. The quantitative estimate of drug-likeness (QED) is 0.109. The van der Waals surface area contributed by atoms with Crippen LogP contribution in [0.2, 0.25) is 5.02 Å². The van der Waals surface area contributed by atoms with E-state index in [1.54, 1.807) is 4.90 Å². The Hall–Kier alpha value is -3.15. The number of ether oxygens (including phenoxy) is 2. The number of nitrogens with zero attached hydrogens (tertiary/aromatic N) is 1. The number of fused-ring (bicyclic) bond motifs is 2. The first-order valence-corrected chi connectivity index (χ1v) is 18.1. The topological polar surface area (TPSA) is 79.9 Å². The molecule has 2 bridgehead atoms. The molecule has 51 heavy (non-hydrogen) atoms. The molecule has 1 saturated heterocycles. The molecule has 2 atom stereocenters. The van der Waals surface area contributed by atoms with Gasteiger partial charge in [0, 0.05) is 30.2 Å². The van der Waals surface area contributed by atoms with Crippen LogP contribution in [-0.4, -0.2) is 64.6 Å². The van der Waals surface area contributed by atoms with Crippen LogP contribution in [0, 0.1) is 17.5 Å². The smallest absolute Gasteiger partial charge is 0.411 e. The summed E-state index contributed by atoms with van der Waals surface area (Å²) in [4.78, 5) is 29.3. The third-order valence-corrected chi connectivity index (χ3v) is 10.8. The average molecular weight is 788 g/mol. The molecule has 2 heterocycles. The zero-order valence-electron chi connectivity index (χ0n) is 28.0. The minimum absolute atomic E-state index is 0.0254. The highest BCUT2D eigenvalue weighted by atomic mass is 35.6. The fraction of sp³-hybridized carbons (Fsp3) is 0.405. The molecule has 14 heteroatoms. The molecule has 2 amide bonds. The maximum Gasteiger partial charge on any atom is 0.411 e. The molecule has 7 nitrogen and oxygen atoms in total. The van der Waals surface area contributed by atoms with E-state index in [2.05, 4.69) is 10.6 Å². The number of rotatable bonds is 12. The summed E-state index contributed by atoms with van der Waals surface area (Å²) in [7, 11) is 0. The van der Waals surface area contributed by atoms with Crippen LogP contribution in [0.3, 0.4) is 0 Å². The number of nitrogens with one attached hydrogen (secondary N) is 2. The molecule has 2 aliphatic rings. The number of piperazine rings is 1. The summed E-state index contributed by atoms with van der Waals surface area (Å²) < 4.78 is 50.4. The molecular weight excluding hydrogens is 749 g/mol. The molecule has 0 radical (unpaired) electrons. The SMILES string of the molecule is CC(C)(OC(=O)N1C2CNC[C@@H]1C(C(=O)NCCCc1ccccc1Cl)=C(c1ccc(CCCOc3c(F)ccc(F)c3F)cc1)C2)C(Cl)(Cl)Cl. The minimum atomic E-state index is -1.89. The lowest BCUT2D eigenvalue weighted by atomic mass is 9.82. The summed E-state index contributed by atoms with van der Waals surface area (Å²) in [5.74, 6) is -4.57. The van der Waals surface area contributed by atoms with Crippen molar-refractivity contribution in [1.29, 1.82) is 0 Å². The van der Waals surface area contributed by atoms with Crippen LogP contribution < -0.4 is 15.4 Å². The summed E-state index contributed by atoms with van der Waals surface area (Å²) in [5.41, 5.74) is 2.49. The zero-order chi connectivity index (χ0) is 36.9. The predicted molar refractivity (Wildman–Crippen MR) is 194 cm³/mol. The van der Waals surface area contributed by atoms with Crippen LogP contribution in [0.5, 0.6) is 5.75 Å². The minimum Gasteiger partial charge on any atom is -0.488 e. The maximum atomic E-state index is 14.0. The zero-order valence-corrected chi connectivity index (χ0v) is 31.0. The number of carbonyl (C=O) groups excluding carboxylic acids is 2. The Morgan fingerprint density at radius 3 is 2.35 bits per heavy atom. The molecule has 274 valence electrons. The second-order valence-corrected chi connectivity index (χ2v) is 15.7. The van der Waals surface area contributed by atoms with E-state index in [0.29, 0.717) is 68.4 Å². The monoisotopic (exact) mass is 785 g/mol. The Labute approximate surface area is 315 Å². The van der Waals surface area contributed by atoms with Crippen molar-refractivity contribution in [3.63, 3.8) is 0 Å². The van der Waals surface area contributed by atoms with E-state index >= 15 is 0 Å². The van der Waals surface area contributed by atoms with Crippen molar-refractivity contribution in [3.05, 3.63) is 105 Å². The Kier molecular flexibility index (Phi) is 12.8. The number of alkyl halides is 3. The van der Waals surface area contributed by atoms with Gasteiger partial charge in [0.15, 0.2) is 23.0 Å². The average Bonchev–Trinajstić information content (AvgIpc) is 3.07. The van der Waals surface area contributed by atoms with Gasteiger partial charge in [-0.1, -0.05) is 88.9 Å². The number of benzene rings is 3. The van der Waals surface area contributed by atoms with E-state index in [1.165, 1.54) is 13.8 Å². The third-order valence-electron chi connectivity index (χ3n) is 9.05. The van der Waals surface area contributed by atoms with Gasteiger partial charge in [0.05, 0.1) is 18.7 Å². The Morgan fingerprint density at radius 2 is 1.65 bits per heavy atom. The second-order valence-electron chi connectivity index (χ2n) is 13.0. The molecule has 1 unspecified atom stereocenters. The van der Waals surface area contributed by atoms with Gasteiger partial charge in [0.1, 0.15) is 0 Å². The molecule has 3 aromatic rings. The van der Waals surface area contributed by atoms with Crippen LogP contribution in [0.15, 0.2) is 66.2 Å². The number of carbonyl (C=O) groups is 2. The van der Waals surface area contributed by atoms with Crippen molar-refractivity contribution in [3.8, 4) is 5.75 Å². The van der Waals surface area contributed by atoms with E-state index in [0.717, 1.165) is 28.3 Å². The van der Waals surface area contributed by atoms with Crippen LogP contribution >= 0.6 is 46.4 Å². The van der Waals surface area contributed by atoms with Gasteiger partial charge in [-0.3, -0.25) is 9.69 Å². The third kappa shape index (κ3) is 9.27. The summed E-state index contributed by atoms with van der Waals surface area (Å²) in [6, 6.07) is 15.7. The van der Waals surface area contributed by atoms with Crippen molar-refractivity contribution in [2.45, 2.75) is 67.4 Å². The van der Waals surface area contributed by atoms with Gasteiger partial charge in [0.2, 0.25) is 15.5 Å². The van der Waals surface area contributed by atoms with Crippen molar-refractivity contribution in [2.24, 2.45) is 0 Å². The first-order chi connectivity index (χ1) is 24.2. The number of hydrogen-bond donors (Lipinski definition) is 2. The first kappa shape index (κ1) is 39.1. The Bertz CT molecular complexity index is 1770. The van der Waals surface area contributed by atoms with Crippen molar-refractivity contribution in [2.75, 3.05) is 26.2 Å². The van der Waals surface area contributed by atoms with Crippen LogP contribution in [0.4, 0.5) is 18.0 Å². The summed E-state index contributed by atoms with van der Waals surface area (Å²) in [6.45, 7) is 4.13. The van der Waals surface area contributed by atoms with E-state index < -0.39 is 44.7 Å². The number of amides is 2. The molecule has 0 saturated carbocycles. The van der Waals surface area contributed by atoms with Gasteiger partial charge in [-0.05, 0) is 86.4 Å². The number of aryl methyl sites for hydroxylation is 2. The number of hydrogen-bond acceptors (Lipinski definition) is 5. The molecule has 3 aromatic carbocycles. The van der Waals surface area contributed by atoms with Crippen LogP contribution in [-0.2, 0) is 22.4 Å². The first-order valence-electron chi connectivity index (χ1n) is 16.6. The van der Waals surface area contributed by atoms with Crippen molar-refractivity contribution in [1.82, 2.24) is 15.5 Å². The Balaban J connectivity index is 1.34. The second kappa shape index (κ2) is 16.7. The fourth-order valence-corrected chi connectivity index (χ4v) is 6.55. The maximum absolute atomic E-state index is 14.0. The molecule has 2 aliphatic heterocycles. The highest BCUT2D eigenvalue weighted by molar-refractivity contribution is 6.68. The Morgan fingerprint density at radius 1 is 0.941 bits per heavy atom. The van der Waals surface area contributed by atoms with E-state index in [-0.39, 0.29) is 18.6 Å². The van der Waals surface area contributed by atoms with Crippen LogP contribution in [0.1, 0.15) is 49.8 Å². The molecule has 1 fully saturated rings. The van der Waals surface area contributed by atoms with Gasteiger partial charge in [-0.25, -0.2) is 13.6 Å². The standard InChI is InChI=1S/C37H38Cl4F3N3O4/c1-36(2,37(39,40)41)51-35(49)47-25-19-26(23-13-11-22(12-14-23)7-6-18-50-33-29(43)16-15-28(42)32(33)44)31(30(47)21-45-20-25)34(48)46-17-5-9-24-8-3-4-10-27(24)38/h3-4,8,10-16,25,30,45H,5-7,9,17-21H2,1-2H3,(H,46,48)/t25?,30-/m1/s1. The van der Waals surface area contributed by atoms with Crippen LogP contribution in [0.25, 0.3) is 5.57 Å². The highest BCUT2D eigenvalue weighted by Gasteiger charge is 2.49. The van der Waals surface area contributed by atoms with Crippen molar-refractivity contribution >= 4 is 64.0 Å². The molecule has 0 aromatic heterocycles. The van der Waals surface area contributed by atoms with Gasteiger partial charge in [-0.15, -0.1) is 0 Å². The van der Waals surface area contributed by atoms with E-state index in [1.807, 2.05) is 48.5 Å². The normalized spacial score (nSPS) is 17.7. The molecule has 0 spiro atoms. The summed E-state index contributed by atoms with van der Waals surface area (Å²) in [6.07, 6.45) is 1.90. The summed E-state index contributed by atoms with van der Waals surface area (Å²) in [5, 5.41) is 7.05. The number of halogens is 7. The lowest BCUT2D eigenvalue weighted by molar-refractivity contribution is -0.118. The molecular formula is C37H38Cl4F3N3O4. The van der Waals surface area contributed by atoms with Crippen molar-refractivity contribution < 1.29 is 32.2 Å². The molecule has 5 rings (SSSR count).